The molecular weight excluding hydrogens is 512 g/mol. The van der Waals surface area contributed by atoms with E-state index in [1.165, 1.54) is 16.7 Å². The average Bonchev–Trinajstić information content (AvgIpc) is 3.49. The maximum absolute atomic E-state index is 13.8. The third-order valence-corrected chi connectivity index (χ3v) is 8.59. The van der Waals surface area contributed by atoms with Crippen molar-refractivity contribution in [3.05, 3.63) is 95.3 Å². The van der Waals surface area contributed by atoms with Gasteiger partial charge in [0.2, 0.25) is 5.91 Å². The first-order chi connectivity index (χ1) is 18.6. The lowest BCUT2D eigenvalue weighted by atomic mass is 9.97. The summed E-state index contributed by atoms with van der Waals surface area (Å²) in [5.74, 6) is -0.993. The SMILES string of the molecule is Cc1ccccc1CNC(=O)C1N(C(=O)C(O)C(Cc2ccccc2)NC(=O)c2cccn2C)CSC1(C)C. The minimum atomic E-state index is -1.55. The fourth-order valence-corrected chi connectivity index (χ4v) is 6.03. The lowest BCUT2D eigenvalue weighted by Crippen LogP contribution is -2.58. The molecule has 4 rings (SSSR count). The summed E-state index contributed by atoms with van der Waals surface area (Å²) in [5.41, 5.74) is 3.35. The van der Waals surface area contributed by atoms with Crippen molar-refractivity contribution >= 4 is 29.5 Å². The normalized spacial score (nSPS) is 17.9. The Morgan fingerprint density at radius 1 is 1.05 bits per heavy atom. The molecule has 39 heavy (non-hydrogen) atoms. The number of amides is 3. The smallest absolute Gasteiger partial charge is 0.268 e. The Hall–Kier alpha value is -3.56. The molecule has 3 unspecified atom stereocenters. The number of hydrogen-bond acceptors (Lipinski definition) is 5. The molecule has 0 aliphatic carbocycles. The van der Waals surface area contributed by atoms with Gasteiger partial charge in [0, 0.05) is 24.5 Å². The predicted molar refractivity (Wildman–Crippen MR) is 153 cm³/mol. The van der Waals surface area contributed by atoms with E-state index in [1.54, 1.807) is 29.9 Å². The number of carbonyl (C=O) groups is 3. The first-order valence-electron chi connectivity index (χ1n) is 13.0. The fourth-order valence-electron chi connectivity index (χ4n) is 4.89. The highest BCUT2D eigenvalue weighted by atomic mass is 32.2. The molecule has 3 aromatic rings. The van der Waals surface area contributed by atoms with Crippen molar-refractivity contribution in [3.8, 4) is 0 Å². The number of aryl methyl sites for hydroxylation is 2. The second kappa shape index (κ2) is 12.1. The quantitative estimate of drug-likeness (QED) is 0.382. The zero-order valence-electron chi connectivity index (χ0n) is 22.8. The van der Waals surface area contributed by atoms with Gasteiger partial charge in [-0.3, -0.25) is 14.4 Å². The lowest BCUT2D eigenvalue weighted by molar-refractivity contribution is -0.147. The second-order valence-electron chi connectivity index (χ2n) is 10.5. The van der Waals surface area contributed by atoms with Crippen LogP contribution in [0.4, 0.5) is 0 Å². The third kappa shape index (κ3) is 6.54. The molecule has 1 saturated heterocycles. The highest BCUT2D eigenvalue weighted by Crippen LogP contribution is 2.40. The van der Waals surface area contributed by atoms with Crippen molar-refractivity contribution < 1.29 is 19.5 Å². The number of thioether (sulfide) groups is 1. The first kappa shape index (κ1) is 28.4. The van der Waals surface area contributed by atoms with Crippen molar-refractivity contribution in [2.75, 3.05) is 5.88 Å². The van der Waals surface area contributed by atoms with Crippen molar-refractivity contribution in [1.82, 2.24) is 20.1 Å². The summed E-state index contributed by atoms with van der Waals surface area (Å²) in [4.78, 5) is 41.7. The van der Waals surface area contributed by atoms with Crippen LogP contribution in [0, 0.1) is 6.92 Å². The van der Waals surface area contributed by atoms with E-state index in [1.807, 2.05) is 75.4 Å². The van der Waals surface area contributed by atoms with Gasteiger partial charge in [-0.05, 0) is 56.0 Å². The molecular formula is C30H36N4O4S. The Morgan fingerprint density at radius 2 is 1.74 bits per heavy atom. The van der Waals surface area contributed by atoms with E-state index >= 15 is 0 Å². The molecule has 3 amide bonds. The molecule has 1 aromatic heterocycles. The van der Waals surface area contributed by atoms with E-state index in [0.29, 0.717) is 12.2 Å². The van der Waals surface area contributed by atoms with E-state index in [2.05, 4.69) is 10.6 Å². The van der Waals surface area contributed by atoms with Gasteiger partial charge in [-0.1, -0.05) is 54.6 Å². The molecule has 0 spiro atoms. The lowest BCUT2D eigenvalue weighted by Gasteiger charge is -2.33. The largest absolute Gasteiger partial charge is 0.381 e. The molecule has 1 fully saturated rings. The Balaban J connectivity index is 1.54. The Labute approximate surface area is 233 Å². The van der Waals surface area contributed by atoms with E-state index in [-0.39, 0.29) is 24.1 Å². The van der Waals surface area contributed by atoms with Gasteiger partial charge >= 0.3 is 0 Å². The second-order valence-corrected chi connectivity index (χ2v) is 12.0. The molecule has 9 heteroatoms. The van der Waals surface area contributed by atoms with Crippen molar-refractivity contribution in [3.63, 3.8) is 0 Å². The van der Waals surface area contributed by atoms with E-state index in [9.17, 15) is 19.5 Å². The number of rotatable bonds is 9. The van der Waals surface area contributed by atoms with Crippen LogP contribution >= 0.6 is 11.8 Å². The van der Waals surface area contributed by atoms with Crippen LogP contribution in [0.1, 0.15) is 41.0 Å². The van der Waals surface area contributed by atoms with Crippen LogP contribution in [-0.4, -0.2) is 61.1 Å². The molecule has 0 bridgehead atoms. The molecule has 0 saturated carbocycles. The number of nitrogens with one attached hydrogen (secondary N) is 2. The van der Waals surface area contributed by atoms with Crippen molar-refractivity contribution in [2.24, 2.45) is 7.05 Å². The molecule has 3 N–H and O–H groups in total. The fraction of sp³-hybridized carbons (Fsp3) is 0.367. The number of nitrogens with zero attached hydrogens (tertiary/aromatic N) is 2. The number of benzene rings is 2. The summed E-state index contributed by atoms with van der Waals surface area (Å²) in [7, 11) is 1.76. The highest BCUT2D eigenvalue weighted by molar-refractivity contribution is 8.00. The summed E-state index contributed by atoms with van der Waals surface area (Å²) in [6, 6.07) is 19.0. The number of hydrogen-bond donors (Lipinski definition) is 3. The Morgan fingerprint density at radius 3 is 2.41 bits per heavy atom. The Kier molecular flexibility index (Phi) is 8.82. The first-order valence-corrected chi connectivity index (χ1v) is 14.0. The molecule has 0 radical (unpaired) electrons. The maximum atomic E-state index is 13.8. The van der Waals surface area contributed by atoms with Gasteiger partial charge in [0.1, 0.15) is 11.7 Å². The number of aromatic nitrogens is 1. The minimum Gasteiger partial charge on any atom is -0.381 e. The molecule has 2 heterocycles. The van der Waals surface area contributed by atoms with E-state index < -0.39 is 28.8 Å². The van der Waals surface area contributed by atoms with Gasteiger partial charge in [-0.25, -0.2) is 0 Å². The van der Waals surface area contributed by atoms with E-state index in [0.717, 1.165) is 16.7 Å². The number of aliphatic hydroxyl groups is 1. The average molecular weight is 549 g/mol. The van der Waals surface area contributed by atoms with Gasteiger partial charge in [0.25, 0.3) is 11.8 Å². The molecule has 3 atom stereocenters. The van der Waals surface area contributed by atoms with Gasteiger partial charge in [-0.15, -0.1) is 11.8 Å². The monoisotopic (exact) mass is 548 g/mol. The standard InChI is InChI=1S/C30H36N4O4S/c1-20-11-8-9-14-22(20)18-31-28(37)26-30(2,3)39-19-34(26)29(38)25(35)23(17-21-12-6-5-7-13-21)32-27(36)24-15-10-16-33(24)4/h5-16,23,25-26,35H,17-19H2,1-4H3,(H,31,37)(H,32,36). The predicted octanol–water partition coefficient (Wildman–Crippen LogP) is 3.03. The maximum Gasteiger partial charge on any atom is 0.268 e. The summed E-state index contributed by atoms with van der Waals surface area (Å²) in [6.07, 6.45) is 0.459. The molecule has 1 aliphatic heterocycles. The van der Waals surface area contributed by atoms with Crippen LogP contribution in [0.3, 0.4) is 0 Å². The van der Waals surface area contributed by atoms with Crippen LogP contribution in [0.5, 0.6) is 0 Å². The summed E-state index contributed by atoms with van der Waals surface area (Å²) in [5, 5.41) is 17.2. The zero-order valence-corrected chi connectivity index (χ0v) is 23.6. The zero-order chi connectivity index (χ0) is 28.2. The van der Waals surface area contributed by atoms with Crippen LogP contribution in [0.15, 0.2) is 72.9 Å². The molecule has 1 aliphatic rings. The van der Waals surface area contributed by atoms with Crippen molar-refractivity contribution in [2.45, 2.75) is 56.7 Å². The summed E-state index contributed by atoms with van der Waals surface area (Å²) >= 11 is 1.49. The third-order valence-electron chi connectivity index (χ3n) is 7.22. The van der Waals surface area contributed by atoms with Crippen LogP contribution in [0.2, 0.25) is 0 Å². The van der Waals surface area contributed by atoms with Gasteiger partial charge in [-0.2, -0.15) is 0 Å². The van der Waals surface area contributed by atoms with Crippen LogP contribution in [-0.2, 0) is 29.6 Å². The van der Waals surface area contributed by atoms with Gasteiger partial charge < -0.3 is 25.2 Å². The van der Waals surface area contributed by atoms with Crippen LogP contribution in [0.25, 0.3) is 0 Å². The number of carbonyl (C=O) groups excluding carboxylic acids is 3. The highest BCUT2D eigenvalue weighted by Gasteiger charge is 2.49. The topological polar surface area (TPSA) is 104 Å². The molecule has 8 nitrogen and oxygen atoms in total. The Bertz CT molecular complexity index is 1320. The van der Waals surface area contributed by atoms with E-state index in [4.69, 9.17) is 0 Å². The summed E-state index contributed by atoms with van der Waals surface area (Å²) in [6.45, 7) is 6.18. The molecule has 2 aromatic carbocycles. The van der Waals surface area contributed by atoms with Crippen LogP contribution < -0.4 is 10.6 Å². The molecule has 206 valence electrons. The van der Waals surface area contributed by atoms with Gasteiger partial charge in [0.15, 0.2) is 6.10 Å². The minimum absolute atomic E-state index is 0.248. The van der Waals surface area contributed by atoms with Crippen molar-refractivity contribution in [1.29, 1.82) is 0 Å². The summed E-state index contributed by atoms with van der Waals surface area (Å²) < 4.78 is 1.12. The number of aliphatic hydroxyl groups excluding tert-OH is 1. The van der Waals surface area contributed by atoms with Gasteiger partial charge in [0.05, 0.1) is 11.9 Å².